The van der Waals surface area contributed by atoms with Crippen molar-refractivity contribution in [2.24, 2.45) is 11.3 Å². The average molecular weight is 372 g/mol. The number of hydrogen-bond acceptors (Lipinski definition) is 3. The maximum absolute atomic E-state index is 12.5. The van der Waals surface area contributed by atoms with E-state index in [9.17, 15) is 14.4 Å². The summed E-state index contributed by atoms with van der Waals surface area (Å²) in [5.41, 5.74) is 1.15. The molecule has 7 nitrogen and oxygen atoms in total. The van der Waals surface area contributed by atoms with Crippen LogP contribution in [0.25, 0.3) is 0 Å². The van der Waals surface area contributed by atoms with Crippen molar-refractivity contribution in [1.29, 1.82) is 0 Å². The van der Waals surface area contributed by atoms with Gasteiger partial charge in [0.2, 0.25) is 11.8 Å². The van der Waals surface area contributed by atoms with Gasteiger partial charge >= 0.3 is 6.03 Å². The third kappa shape index (κ3) is 4.40. The molecular formula is C20H28N4O3. The number of rotatable bonds is 3. The molecule has 2 aliphatic heterocycles. The van der Waals surface area contributed by atoms with Crippen LogP contribution >= 0.6 is 0 Å². The Kier molecular flexibility index (Phi) is 5.39. The van der Waals surface area contributed by atoms with Crippen molar-refractivity contribution in [1.82, 2.24) is 10.2 Å². The zero-order valence-corrected chi connectivity index (χ0v) is 16.2. The van der Waals surface area contributed by atoms with Gasteiger partial charge < -0.3 is 15.5 Å². The molecule has 0 unspecified atom stereocenters. The number of amides is 4. The van der Waals surface area contributed by atoms with E-state index in [0.717, 1.165) is 11.4 Å². The fourth-order valence-corrected chi connectivity index (χ4v) is 3.51. The molecule has 0 bridgehead atoms. The second kappa shape index (κ2) is 7.58. The highest BCUT2D eigenvalue weighted by Gasteiger charge is 2.32. The molecule has 4 amide bonds. The number of nitrogens with zero attached hydrogens (tertiary/aromatic N) is 2. The lowest BCUT2D eigenvalue weighted by molar-refractivity contribution is -0.142. The first-order chi connectivity index (χ1) is 12.8. The molecule has 2 aliphatic rings. The average Bonchev–Trinajstić information content (AvgIpc) is 3.07. The van der Waals surface area contributed by atoms with Crippen LogP contribution in [0.5, 0.6) is 0 Å². The molecule has 1 aromatic carbocycles. The largest absolute Gasteiger partial charge is 0.342 e. The lowest BCUT2D eigenvalue weighted by atomic mass is 9.90. The number of likely N-dealkylation sites (tertiary alicyclic amines) is 1. The van der Waals surface area contributed by atoms with Gasteiger partial charge in [-0.15, -0.1) is 0 Å². The Bertz CT molecular complexity index is 716. The molecule has 3 rings (SSSR count). The van der Waals surface area contributed by atoms with Gasteiger partial charge in [0.05, 0.1) is 0 Å². The minimum atomic E-state index is -0.386. The number of hydrogen-bond donors (Lipinski definition) is 2. The van der Waals surface area contributed by atoms with Crippen LogP contribution in [-0.2, 0) is 9.59 Å². The molecule has 7 heteroatoms. The molecule has 2 heterocycles. The van der Waals surface area contributed by atoms with E-state index < -0.39 is 0 Å². The number of carbonyl (C=O) groups excluding carboxylic acids is 3. The predicted octanol–water partition coefficient (Wildman–Crippen LogP) is 2.44. The maximum Gasteiger partial charge on any atom is 0.321 e. The summed E-state index contributed by atoms with van der Waals surface area (Å²) in [5, 5.41) is 5.72. The third-order valence-corrected chi connectivity index (χ3v) is 5.10. The summed E-state index contributed by atoms with van der Waals surface area (Å²) in [6.07, 6.45) is 1.36. The van der Waals surface area contributed by atoms with E-state index in [2.05, 4.69) is 10.6 Å². The van der Waals surface area contributed by atoms with Crippen LogP contribution in [-0.4, -0.2) is 48.9 Å². The predicted molar refractivity (Wildman–Crippen MR) is 105 cm³/mol. The fourth-order valence-electron chi connectivity index (χ4n) is 3.51. The molecule has 146 valence electrons. The second-order valence-electron chi connectivity index (χ2n) is 8.24. The summed E-state index contributed by atoms with van der Waals surface area (Å²) in [6, 6.07) is 7.22. The van der Waals surface area contributed by atoms with Crippen molar-refractivity contribution in [3.05, 3.63) is 24.3 Å². The summed E-state index contributed by atoms with van der Waals surface area (Å²) in [7, 11) is 0. The highest BCUT2D eigenvalue weighted by molar-refractivity contribution is 5.95. The summed E-state index contributed by atoms with van der Waals surface area (Å²) in [6.45, 7) is 8.30. The van der Waals surface area contributed by atoms with E-state index in [-0.39, 0.29) is 29.2 Å². The van der Waals surface area contributed by atoms with Crippen LogP contribution in [0.3, 0.4) is 0 Å². The Morgan fingerprint density at radius 2 is 1.70 bits per heavy atom. The van der Waals surface area contributed by atoms with Crippen molar-refractivity contribution in [2.75, 3.05) is 36.4 Å². The zero-order valence-electron chi connectivity index (χ0n) is 16.2. The van der Waals surface area contributed by atoms with Gasteiger partial charge in [-0.3, -0.25) is 14.5 Å². The molecule has 2 saturated heterocycles. The SMILES string of the molecule is CC(C)(C)C(=O)N1CCC(C(=O)Nc2ccc(N3CCNC3=O)cc2)CC1. The fraction of sp³-hybridized carbons (Fsp3) is 0.550. The number of urea groups is 1. The van der Waals surface area contributed by atoms with Gasteiger partial charge in [0, 0.05) is 48.9 Å². The molecule has 1 aromatic rings. The number of anilines is 2. The Labute approximate surface area is 160 Å². The quantitative estimate of drug-likeness (QED) is 0.855. The van der Waals surface area contributed by atoms with Gasteiger partial charge in [0.25, 0.3) is 0 Å². The van der Waals surface area contributed by atoms with Gasteiger partial charge in [-0.2, -0.15) is 0 Å². The van der Waals surface area contributed by atoms with E-state index >= 15 is 0 Å². The van der Waals surface area contributed by atoms with Gasteiger partial charge in [-0.05, 0) is 37.1 Å². The monoisotopic (exact) mass is 372 g/mol. The standard InChI is InChI=1S/C20H28N4O3/c1-20(2,3)18(26)23-11-8-14(9-12-23)17(25)22-15-4-6-16(7-5-15)24-13-10-21-19(24)27/h4-7,14H,8-13H2,1-3H3,(H,21,27)(H,22,25). The van der Waals surface area contributed by atoms with Crippen LogP contribution in [0.4, 0.5) is 16.2 Å². The lowest BCUT2D eigenvalue weighted by Crippen LogP contribution is -2.45. The first kappa shape index (κ1) is 19.2. The molecule has 0 saturated carbocycles. The smallest absolute Gasteiger partial charge is 0.321 e. The van der Waals surface area contributed by atoms with Crippen LogP contribution in [0.1, 0.15) is 33.6 Å². The summed E-state index contributed by atoms with van der Waals surface area (Å²) in [4.78, 5) is 40.1. The molecule has 2 fully saturated rings. The van der Waals surface area contributed by atoms with Crippen molar-refractivity contribution in [3.63, 3.8) is 0 Å². The molecule has 2 N–H and O–H groups in total. The molecule has 0 spiro atoms. The van der Waals surface area contributed by atoms with Gasteiger partial charge in [0.15, 0.2) is 0 Å². The Balaban J connectivity index is 1.52. The summed E-state index contributed by atoms with van der Waals surface area (Å²) < 4.78 is 0. The van der Waals surface area contributed by atoms with Crippen molar-refractivity contribution in [3.8, 4) is 0 Å². The van der Waals surface area contributed by atoms with Crippen molar-refractivity contribution < 1.29 is 14.4 Å². The van der Waals surface area contributed by atoms with Crippen LogP contribution in [0, 0.1) is 11.3 Å². The molecule has 0 atom stereocenters. The van der Waals surface area contributed by atoms with Crippen molar-refractivity contribution >= 4 is 29.2 Å². The lowest BCUT2D eigenvalue weighted by Gasteiger charge is -2.35. The van der Waals surface area contributed by atoms with Crippen LogP contribution in [0.15, 0.2) is 24.3 Å². The minimum absolute atomic E-state index is 0.00970. The first-order valence-electron chi connectivity index (χ1n) is 9.51. The third-order valence-electron chi connectivity index (χ3n) is 5.10. The molecule has 0 aromatic heterocycles. The minimum Gasteiger partial charge on any atom is -0.342 e. The van der Waals surface area contributed by atoms with E-state index in [1.165, 1.54) is 0 Å². The zero-order chi connectivity index (χ0) is 19.6. The second-order valence-corrected chi connectivity index (χ2v) is 8.24. The van der Waals surface area contributed by atoms with Gasteiger partial charge in [0.1, 0.15) is 0 Å². The molecular weight excluding hydrogens is 344 g/mol. The topological polar surface area (TPSA) is 81.8 Å². The van der Waals surface area contributed by atoms with Crippen LogP contribution < -0.4 is 15.5 Å². The van der Waals surface area contributed by atoms with E-state index in [4.69, 9.17) is 0 Å². The van der Waals surface area contributed by atoms with E-state index in [0.29, 0.717) is 39.0 Å². The molecule has 27 heavy (non-hydrogen) atoms. The summed E-state index contributed by atoms with van der Waals surface area (Å²) in [5.74, 6) is 0.0467. The molecule has 0 radical (unpaired) electrons. The summed E-state index contributed by atoms with van der Waals surface area (Å²) >= 11 is 0. The molecule has 0 aliphatic carbocycles. The highest BCUT2D eigenvalue weighted by Crippen LogP contribution is 2.25. The Morgan fingerprint density at radius 1 is 1.07 bits per heavy atom. The number of nitrogens with one attached hydrogen (secondary N) is 2. The number of benzene rings is 1. The van der Waals surface area contributed by atoms with Crippen LogP contribution in [0.2, 0.25) is 0 Å². The Hall–Kier alpha value is -2.57. The van der Waals surface area contributed by atoms with Crippen molar-refractivity contribution in [2.45, 2.75) is 33.6 Å². The van der Waals surface area contributed by atoms with E-state index in [1.807, 2.05) is 49.9 Å². The Morgan fingerprint density at radius 3 is 2.22 bits per heavy atom. The maximum atomic E-state index is 12.5. The number of carbonyl (C=O) groups is 3. The van der Waals surface area contributed by atoms with Gasteiger partial charge in [-0.25, -0.2) is 4.79 Å². The highest BCUT2D eigenvalue weighted by atomic mass is 16.2. The normalized spacial score (nSPS) is 18.4. The van der Waals surface area contributed by atoms with E-state index in [1.54, 1.807) is 4.90 Å². The van der Waals surface area contributed by atoms with Gasteiger partial charge in [-0.1, -0.05) is 20.8 Å². The first-order valence-corrected chi connectivity index (χ1v) is 9.51. The number of piperidine rings is 1.